The van der Waals surface area contributed by atoms with Crippen molar-refractivity contribution in [3.05, 3.63) is 69.8 Å². The molecule has 30 heavy (non-hydrogen) atoms. The second-order valence-corrected chi connectivity index (χ2v) is 8.97. The van der Waals surface area contributed by atoms with E-state index in [1.54, 1.807) is 30.0 Å². The minimum Gasteiger partial charge on any atom is -0.351 e. The van der Waals surface area contributed by atoms with Crippen molar-refractivity contribution >= 4 is 28.6 Å². The molecule has 0 spiro atoms. The van der Waals surface area contributed by atoms with Crippen molar-refractivity contribution < 1.29 is 4.79 Å². The van der Waals surface area contributed by atoms with Crippen LogP contribution < -0.4 is 10.9 Å². The lowest BCUT2D eigenvalue weighted by Gasteiger charge is -2.16. The average molecular weight is 422 g/mol. The lowest BCUT2D eigenvalue weighted by molar-refractivity contribution is 0.0956. The third-order valence-corrected chi connectivity index (χ3v) is 6.52. The molecule has 0 unspecified atom stereocenters. The molecule has 2 aromatic carbocycles. The molecule has 0 atom stereocenters. The van der Waals surface area contributed by atoms with Crippen LogP contribution in [0.4, 0.5) is 0 Å². The van der Waals surface area contributed by atoms with Crippen LogP contribution in [0.5, 0.6) is 0 Å². The Hall–Kier alpha value is -2.60. The molecular weight excluding hydrogens is 394 g/mol. The Morgan fingerprint density at radius 3 is 2.73 bits per heavy atom. The van der Waals surface area contributed by atoms with Gasteiger partial charge in [0.1, 0.15) is 5.82 Å². The number of amides is 1. The van der Waals surface area contributed by atoms with Crippen LogP contribution >= 0.6 is 11.8 Å². The summed E-state index contributed by atoms with van der Waals surface area (Å²) >= 11 is 1.72. The quantitative estimate of drug-likeness (QED) is 0.492. The van der Waals surface area contributed by atoms with Crippen molar-refractivity contribution in [2.45, 2.75) is 50.5 Å². The van der Waals surface area contributed by atoms with Gasteiger partial charge in [-0.05, 0) is 50.1 Å². The normalized spacial score (nSPS) is 14.0. The third-order valence-electron chi connectivity index (χ3n) is 5.51. The summed E-state index contributed by atoms with van der Waals surface area (Å²) in [5.41, 5.74) is 2.42. The first kappa shape index (κ1) is 20.7. The van der Waals surface area contributed by atoms with Gasteiger partial charge in [0.15, 0.2) is 0 Å². The smallest absolute Gasteiger partial charge is 0.261 e. The summed E-state index contributed by atoms with van der Waals surface area (Å²) in [6.07, 6.45) is 5.22. The second kappa shape index (κ2) is 9.47. The van der Waals surface area contributed by atoms with E-state index < -0.39 is 0 Å². The molecule has 0 radical (unpaired) electrons. The monoisotopic (exact) mass is 421 g/mol. The molecule has 156 valence electrons. The topological polar surface area (TPSA) is 64.0 Å². The summed E-state index contributed by atoms with van der Waals surface area (Å²) in [6, 6.07) is 13.6. The summed E-state index contributed by atoms with van der Waals surface area (Å²) in [6.45, 7) is 3.38. The number of nitrogens with one attached hydrogen (secondary N) is 1. The molecule has 1 aliphatic rings. The van der Waals surface area contributed by atoms with E-state index in [0.717, 1.165) is 43.8 Å². The Labute approximate surface area is 180 Å². The van der Waals surface area contributed by atoms with Crippen molar-refractivity contribution in [3.63, 3.8) is 0 Å². The Balaban J connectivity index is 1.44. The maximum Gasteiger partial charge on any atom is 0.261 e. The molecule has 0 aliphatic carbocycles. The van der Waals surface area contributed by atoms with Crippen LogP contribution in [0.25, 0.3) is 10.9 Å². The highest BCUT2D eigenvalue weighted by Crippen LogP contribution is 2.18. The molecule has 1 aromatic heterocycles. The zero-order valence-electron chi connectivity index (χ0n) is 17.3. The fourth-order valence-electron chi connectivity index (χ4n) is 3.81. The lowest BCUT2D eigenvalue weighted by Crippen LogP contribution is -2.28. The average Bonchev–Trinajstić information content (AvgIpc) is 2.73. The molecule has 0 bridgehead atoms. The van der Waals surface area contributed by atoms with Gasteiger partial charge in [-0.1, -0.05) is 30.5 Å². The number of rotatable bonds is 5. The highest BCUT2D eigenvalue weighted by atomic mass is 32.2. The van der Waals surface area contributed by atoms with Gasteiger partial charge in [0.05, 0.1) is 10.9 Å². The number of hydrogen-bond acceptors (Lipinski definition) is 4. The van der Waals surface area contributed by atoms with E-state index in [2.05, 4.69) is 36.5 Å². The summed E-state index contributed by atoms with van der Waals surface area (Å²) in [5, 5.41) is 3.56. The SMILES string of the molecule is Cc1ccc(SCCNC(=O)c2ccc3c(=O)n4c(nc3c2)CCCCCC4)cc1. The number of aryl methyl sites for hydroxylation is 2. The van der Waals surface area contributed by atoms with Crippen LogP contribution in [0.1, 0.15) is 47.4 Å². The van der Waals surface area contributed by atoms with Gasteiger partial charge >= 0.3 is 0 Å². The number of hydrogen-bond donors (Lipinski definition) is 1. The van der Waals surface area contributed by atoms with Crippen molar-refractivity contribution in [3.8, 4) is 0 Å². The summed E-state index contributed by atoms with van der Waals surface area (Å²) in [7, 11) is 0. The molecule has 0 saturated carbocycles. The minimum atomic E-state index is -0.130. The molecule has 3 aromatic rings. The first-order valence-corrected chi connectivity index (χ1v) is 11.6. The highest BCUT2D eigenvalue weighted by molar-refractivity contribution is 7.99. The number of nitrogens with zero attached hydrogens (tertiary/aromatic N) is 2. The molecule has 1 N–H and O–H groups in total. The van der Waals surface area contributed by atoms with Crippen molar-refractivity contribution in [2.24, 2.45) is 0 Å². The van der Waals surface area contributed by atoms with E-state index in [4.69, 9.17) is 4.98 Å². The van der Waals surface area contributed by atoms with E-state index in [1.807, 2.05) is 4.57 Å². The fourth-order valence-corrected chi connectivity index (χ4v) is 4.57. The second-order valence-electron chi connectivity index (χ2n) is 7.80. The van der Waals surface area contributed by atoms with E-state index in [9.17, 15) is 9.59 Å². The molecule has 5 nitrogen and oxygen atoms in total. The maximum atomic E-state index is 12.9. The number of benzene rings is 2. The minimum absolute atomic E-state index is 0.0124. The summed E-state index contributed by atoms with van der Waals surface area (Å²) in [4.78, 5) is 31.4. The zero-order valence-corrected chi connectivity index (χ0v) is 18.1. The number of carbonyl (C=O) groups is 1. The standard InChI is InChI=1S/C24H27N3O2S/c1-17-7-10-19(11-8-17)30-15-13-25-23(28)18-9-12-20-21(16-18)26-22-6-4-2-3-5-14-27(22)24(20)29/h7-12,16H,2-6,13-15H2,1H3,(H,25,28). The first-order chi connectivity index (χ1) is 14.6. The largest absolute Gasteiger partial charge is 0.351 e. The van der Waals surface area contributed by atoms with Gasteiger partial charge in [-0.2, -0.15) is 0 Å². The lowest BCUT2D eigenvalue weighted by atomic mass is 10.1. The predicted octanol–water partition coefficient (Wildman–Crippen LogP) is 4.34. The molecule has 0 saturated heterocycles. The molecule has 1 aliphatic heterocycles. The molecule has 4 rings (SSSR count). The fraction of sp³-hybridized carbons (Fsp3) is 0.375. The molecular formula is C24H27N3O2S. The van der Waals surface area contributed by atoms with Crippen LogP contribution in [0.15, 0.2) is 52.2 Å². The Morgan fingerprint density at radius 1 is 1.10 bits per heavy atom. The molecule has 6 heteroatoms. The van der Waals surface area contributed by atoms with Crippen LogP contribution in [0, 0.1) is 6.92 Å². The van der Waals surface area contributed by atoms with Gasteiger partial charge in [0.2, 0.25) is 0 Å². The van der Waals surface area contributed by atoms with Crippen molar-refractivity contribution in [1.29, 1.82) is 0 Å². The van der Waals surface area contributed by atoms with E-state index >= 15 is 0 Å². The first-order valence-electron chi connectivity index (χ1n) is 10.6. The van der Waals surface area contributed by atoms with E-state index in [0.29, 0.717) is 23.0 Å². The van der Waals surface area contributed by atoms with Gasteiger partial charge in [-0.3, -0.25) is 14.2 Å². The number of thioether (sulfide) groups is 1. The summed E-state index contributed by atoms with van der Waals surface area (Å²) in [5.74, 6) is 1.52. The van der Waals surface area contributed by atoms with Gasteiger partial charge in [0, 0.05) is 35.7 Å². The molecule has 2 heterocycles. The Bertz CT molecular complexity index is 1110. The van der Waals surface area contributed by atoms with Crippen LogP contribution in [-0.2, 0) is 13.0 Å². The van der Waals surface area contributed by atoms with E-state index in [-0.39, 0.29) is 11.5 Å². The van der Waals surface area contributed by atoms with Crippen LogP contribution in [0.3, 0.4) is 0 Å². The number of carbonyl (C=O) groups excluding carboxylic acids is 1. The number of fused-ring (bicyclic) bond motifs is 2. The predicted molar refractivity (Wildman–Crippen MR) is 122 cm³/mol. The maximum absolute atomic E-state index is 12.9. The van der Waals surface area contributed by atoms with Crippen molar-refractivity contribution in [2.75, 3.05) is 12.3 Å². The van der Waals surface area contributed by atoms with Gasteiger partial charge in [-0.15, -0.1) is 11.8 Å². The Morgan fingerprint density at radius 2 is 1.90 bits per heavy atom. The van der Waals surface area contributed by atoms with Gasteiger partial charge < -0.3 is 5.32 Å². The zero-order chi connectivity index (χ0) is 20.9. The van der Waals surface area contributed by atoms with Crippen LogP contribution in [0.2, 0.25) is 0 Å². The summed E-state index contributed by atoms with van der Waals surface area (Å²) < 4.78 is 1.82. The van der Waals surface area contributed by atoms with Gasteiger partial charge in [0.25, 0.3) is 11.5 Å². The van der Waals surface area contributed by atoms with Crippen molar-refractivity contribution in [1.82, 2.24) is 14.9 Å². The third kappa shape index (κ3) is 4.75. The highest BCUT2D eigenvalue weighted by Gasteiger charge is 2.14. The number of aromatic nitrogens is 2. The van der Waals surface area contributed by atoms with E-state index in [1.165, 1.54) is 16.9 Å². The molecule has 1 amide bonds. The van der Waals surface area contributed by atoms with Crippen LogP contribution in [-0.4, -0.2) is 27.8 Å². The molecule has 0 fully saturated rings. The van der Waals surface area contributed by atoms with Gasteiger partial charge in [-0.25, -0.2) is 4.98 Å². The Kier molecular flexibility index (Phi) is 6.53.